The van der Waals surface area contributed by atoms with E-state index < -0.39 is 10.8 Å². The number of nitrogens with one attached hydrogen (secondary N) is 3. The lowest BCUT2D eigenvalue weighted by molar-refractivity contribution is 0.623. The fraction of sp³-hybridized carbons (Fsp3) is 0.545. The zero-order valence-electron chi connectivity index (χ0n) is 10.6. The standard InChI is InChI=1S/C11H16N6OS/c1-12-11-16-9-8(13-6-14-9)10(17-11)15-7-2-4-19(18)5-3-7/h6-7H,2-5H2,1H3,(H3,12,13,14,15,16,17). The van der Waals surface area contributed by atoms with Crippen LogP contribution in [-0.2, 0) is 10.8 Å². The van der Waals surface area contributed by atoms with E-state index in [1.54, 1.807) is 13.4 Å². The van der Waals surface area contributed by atoms with Gasteiger partial charge in [-0.25, -0.2) is 4.98 Å². The van der Waals surface area contributed by atoms with Crippen molar-refractivity contribution < 1.29 is 4.21 Å². The molecule has 3 rings (SSSR count). The highest BCUT2D eigenvalue weighted by molar-refractivity contribution is 7.85. The highest BCUT2D eigenvalue weighted by atomic mass is 32.2. The van der Waals surface area contributed by atoms with Crippen LogP contribution in [0.3, 0.4) is 0 Å². The maximum Gasteiger partial charge on any atom is 0.226 e. The molecule has 1 saturated heterocycles. The van der Waals surface area contributed by atoms with E-state index in [0.717, 1.165) is 35.7 Å². The second-order valence-electron chi connectivity index (χ2n) is 4.51. The van der Waals surface area contributed by atoms with E-state index in [1.165, 1.54) is 0 Å². The number of hydrogen-bond acceptors (Lipinski definition) is 6. The number of nitrogens with zero attached hydrogens (tertiary/aromatic N) is 3. The van der Waals surface area contributed by atoms with Gasteiger partial charge >= 0.3 is 0 Å². The van der Waals surface area contributed by atoms with Gasteiger partial charge < -0.3 is 15.6 Å². The Bertz CT molecular complexity index is 602. The first-order chi connectivity index (χ1) is 9.26. The lowest BCUT2D eigenvalue weighted by Crippen LogP contribution is -2.29. The van der Waals surface area contributed by atoms with Crippen molar-refractivity contribution in [2.75, 3.05) is 29.2 Å². The van der Waals surface area contributed by atoms with Gasteiger partial charge in [-0.2, -0.15) is 9.97 Å². The number of aromatic nitrogens is 4. The number of rotatable bonds is 3. The van der Waals surface area contributed by atoms with Crippen molar-refractivity contribution in [2.24, 2.45) is 0 Å². The van der Waals surface area contributed by atoms with Gasteiger partial charge in [0.2, 0.25) is 5.95 Å². The predicted octanol–water partition coefficient (Wildman–Crippen LogP) is 0.718. The predicted molar refractivity (Wildman–Crippen MR) is 75.8 cm³/mol. The fourth-order valence-corrected chi connectivity index (χ4v) is 3.48. The first-order valence-corrected chi connectivity index (χ1v) is 7.75. The Balaban J connectivity index is 1.87. The Hall–Kier alpha value is -1.70. The Labute approximate surface area is 113 Å². The second-order valence-corrected chi connectivity index (χ2v) is 6.21. The smallest absolute Gasteiger partial charge is 0.226 e. The van der Waals surface area contributed by atoms with Gasteiger partial charge in [0.1, 0.15) is 5.52 Å². The molecule has 3 heterocycles. The van der Waals surface area contributed by atoms with Crippen molar-refractivity contribution in [3.63, 3.8) is 0 Å². The second kappa shape index (κ2) is 5.12. The summed E-state index contributed by atoms with van der Waals surface area (Å²) in [4.78, 5) is 15.9. The average Bonchev–Trinajstić information content (AvgIpc) is 2.89. The summed E-state index contributed by atoms with van der Waals surface area (Å²) in [6.45, 7) is 0. The minimum Gasteiger partial charge on any atom is -0.365 e. The number of imidazole rings is 1. The molecule has 0 atom stereocenters. The first-order valence-electron chi connectivity index (χ1n) is 6.26. The summed E-state index contributed by atoms with van der Waals surface area (Å²) in [5, 5.41) is 6.34. The van der Waals surface area contributed by atoms with Crippen LogP contribution in [0.25, 0.3) is 11.2 Å². The van der Waals surface area contributed by atoms with Crippen LogP contribution in [0, 0.1) is 0 Å². The topological polar surface area (TPSA) is 95.6 Å². The van der Waals surface area contributed by atoms with Crippen molar-refractivity contribution in [1.29, 1.82) is 0 Å². The van der Waals surface area contributed by atoms with Crippen molar-refractivity contribution in [3.8, 4) is 0 Å². The Morgan fingerprint density at radius 1 is 1.37 bits per heavy atom. The largest absolute Gasteiger partial charge is 0.365 e. The van der Waals surface area contributed by atoms with Crippen LogP contribution in [0.2, 0.25) is 0 Å². The summed E-state index contributed by atoms with van der Waals surface area (Å²) in [5.74, 6) is 2.81. The molecule has 0 spiro atoms. The van der Waals surface area contributed by atoms with Crippen LogP contribution in [0.15, 0.2) is 6.33 Å². The van der Waals surface area contributed by atoms with Gasteiger partial charge in [0, 0.05) is 35.4 Å². The molecular formula is C11H16N6OS. The molecule has 0 saturated carbocycles. The average molecular weight is 280 g/mol. The summed E-state index contributed by atoms with van der Waals surface area (Å²) in [5.41, 5.74) is 1.45. The number of H-pyrrole nitrogens is 1. The molecule has 0 amide bonds. The zero-order valence-corrected chi connectivity index (χ0v) is 11.5. The van der Waals surface area contributed by atoms with E-state index in [9.17, 15) is 4.21 Å². The van der Waals surface area contributed by atoms with E-state index in [1.807, 2.05) is 0 Å². The maximum absolute atomic E-state index is 11.4. The quantitative estimate of drug-likeness (QED) is 0.766. The molecule has 2 aromatic rings. The Morgan fingerprint density at radius 3 is 2.89 bits per heavy atom. The molecule has 1 aliphatic heterocycles. The van der Waals surface area contributed by atoms with E-state index in [-0.39, 0.29) is 0 Å². The lowest BCUT2D eigenvalue weighted by Gasteiger charge is -2.23. The van der Waals surface area contributed by atoms with E-state index in [4.69, 9.17) is 0 Å². The number of aromatic amines is 1. The summed E-state index contributed by atoms with van der Waals surface area (Å²) < 4.78 is 11.4. The zero-order chi connectivity index (χ0) is 13.2. The van der Waals surface area contributed by atoms with Gasteiger partial charge in [0.25, 0.3) is 0 Å². The third-order valence-corrected chi connectivity index (χ3v) is 4.62. The molecule has 0 aromatic carbocycles. The molecule has 3 N–H and O–H groups in total. The Morgan fingerprint density at radius 2 is 2.16 bits per heavy atom. The summed E-state index contributed by atoms with van der Waals surface area (Å²) in [6.07, 6.45) is 3.42. The molecule has 0 aliphatic carbocycles. The van der Waals surface area contributed by atoms with Crippen LogP contribution < -0.4 is 10.6 Å². The van der Waals surface area contributed by atoms with Gasteiger partial charge in [-0.15, -0.1) is 0 Å². The molecule has 1 aliphatic rings. The van der Waals surface area contributed by atoms with Gasteiger partial charge in [-0.1, -0.05) is 0 Å². The minimum absolute atomic E-state index is 0.309. The normalized spacial score (nSPS) is 23.4. The van der Waals surface area contributed by atoms with Crippen LogP contribution in [0.1, 0.15) is 12.8 Å². The molecule has 1 fully saturated rings. The third-order valence-electron chi connectivity index (χ3n) is 3.24. The van der Waals surface area contributed by atoms with Gasteiger partial charge in [0.05, 0.1) is 6.33 Å². The number of hydrogen-bond donors (Lipinski definition) is 3. The van der Waals surface area contributed by atoms with E-state index in [2.05, 4.69) is 30.6 Å². The van der Waals surface area contributed by atoms with Crippen molar-refractivity contribution >= 4 is 33.7 Å². The highest BCUT2D eigenvalue weighted by Crippen LogP contribution is 2.21. The molecule has 8 heteroatoms. The first kappa shape index (κ1) is 12.3. The van der Waals surface area contributed by atoms with Gasteiger partial charge in [0.15, 0.2) is 11.5 Å². The van der Waals surface area contributed by atoms with E-state index >= 15 is 0 Å². The Kier molecular flexibility index (Phi) is 3.33. The molecule has 19 heavy (non-hydrogen) atoms. The van der Waals surface area contributed by atoms with Crippen LogP contribution in [-0.4, -0.2) is 48.7 Å². The number of fused-ring (bicyclic) bond motifs is 1. The maximum atomic E-state index is 11.4. The molecule has 2 aromatic heterocycles. The molecule has 0 radical (unpaired) electrons. The molecular weight excluding hydrogens is 264 g/mol. The monoisotopic (exact) mass is 280 g/mol. The summed E-state index contributed by atoms with van der Waals surface area (Å²) >= 11 is 0. The van der Waals surface area contributed by atoms with Crippen molar-refractivity contribution in [1.82, 2.24) is 19.9 Å². The molecule has 102 valence electrons. The van der Waals surface area contributed by atoms with Gasteiger partial charge in [-0.3, -0.25) is 4.21 Å². The van der Waals surface area contributed by atoms with Crippen molar-refractivity contribution in [2.45, 2.75) is 18.9 Å². The van der Waals surface area contributed by atoms with Crippen LogP contribution >= 0.6 is 0 Å². The number of anilines is 2. The lowest BCUT2D eigenvalue weighted by atomic mass is 10.1. The third kappa shape index (κ3) is 2.53. The van der Waals surface area contributed by atoms with Crippen LogP contribution in [0.5, 0.6) is 0 Å². The van der Waals surface area contributed by atoms with Crippen LogP contribution in [0.4, 0.5) is 11.8 Å². The van der Waals surface area contributed by atoms with E-state index in [0.29, 0.717) is 17.6 Å². The summed E-state index contributed by atoms with van der Waals surface area (Å²) in [6, 6.07) is 0.309. The van der Waals surface area contributed by atoms with Gasteiger partial charge in [-0.05, 0) is 12.8 Å². The fourth-order valence-electron chi connectivity index (χ4n) is 2.18. The van der Waals surface area contributed by atoms with Crippen molar-refractivity contribution in [3.05, 3.63) is 6.33 Å². The minimum atomic E-state index is -0.649. The SMILES string of the molecule is CNc1nc(NC2CCS(=O)CC2)c2[nH]cnc2n1. The molecule has 0 unspecified atom stereocenters. The molecule has 0 bridgehead atoms. The highest BCUT2D eigenvalue weighted by Gasteiger charge is 2.19. The molecule has 7 nitrogen and oxygen atoms in total. The summed E-state index contributed by atoms with van der Waals surface area (Å²) in [7, 11) is 1.13.